The predicted molar refractivity (Wildman–Crippen MR) is 183 cm³/mol. The van der Waals surface area contributed by atoms with Crippen molar-refractivity contribution in [2.75, 3.05) is 17.2 Å². The van der Waals surface area contributed by atoms with Crippen molar-refractivity contribution in [3.8, 4) is 22.9 Å². The molecule has 1 saturated heterocycles. The molecule has 0 unspecified atom stereocenters. The second kappa shape index (κ2) is 13.7. The maximum atomic E-state index is 13.4. The van der Waals surface area contributed by atoms with Crippen molar-refractivity contribution >= 4 is 75.2 Å². The smallest absolute Gasteiger partial charge is 0.352 e. The fourth-order valence-electron chi connectivity index (χ4n) is 4.94. The van der Waals surface area contributed by atoms with E-state index >= 15 is 0 Å². The van der Waals surface area contributed by atoms with E-state index in [0.29, 0.717) is 21.9 Å². The van der Waals surface area contributed by atoms with Gasteiger partial charge in [0.25, 0.3) is 23.5 Å². The van der Waals surface area contributed by atoms with Gasteiger partial charge >= 0.3 is 5.97 Å². The minimum Gasteiger partial charge on any atom is -0.504 e. The van der Waals surface area contributed by atoms with E-state index in [0.717, 1.165) is 16.2 Å². The average Bonchev–Trinajstić information content (AvgIpc) is 3.72. The minimum absolute atomic E-state index is 0.00161. The molecule has 0 bridgehead atoms. The van der Waals surface area contributed by atoms with Gasteiger partial charge in [-0.1, -0.05) is 5.16 Å². The van der Waals surface area contributed by atoms with Gasteiger partial charge in [-0.2, -0.15) is 9.50 Å². The van der Waals surface area contributed by atoms with Gasteiger partial charge in [0.05, 0.1) is 0 Å². The molecule has 1 aromatic carbocycles. The minimum atomic E-state index is -1.70. The Hall–Kier alpha value is -5.45. The molecule has 2 aliphatic heterocycles. The van der Waals surface area contributed by atoms with E-state index < -0.39 is 46.4 Å². The number of aromatic hydroxyl groups is 2. The number of hydrogen-bond acceptors (Lipinski definition) is 17. The third-order valence-electron chi connectivity index (χ3n) is 7.56. The lowest BCUT2D eigenvalue weighted by Gasteiger charge is -2.49. The van der Waals surface area contributed by atoms with E-state index in [1.54, 1.807) is 19.1 Å². The number of carbonyl (C=O) groups is 4. The van der Waals surface area contributed by atoms with E-state index in [-0.39, 0.29) is 51.1 Å². The number of nitrogen functional groups attached to an aromatic ring is 1. The highest BCUT2D eigenvalue weighted by molar-refractivity contribution is 8.01. The van der Waals surface area contributed by atoms with Crippen molar-refractivity contribution in [1.82, 2.24) is 40.3 Å². The number of hydroxylamine groups is 1. The van der Waals surface area contributed by atoms with Crippen LogP contribution in [0, 0.1) is 6.92 Å². The summed E-state index contributed by atoms with van der Waals surface area (Å²) in [5.41, 5.74) is 6.38. The Morgan fingerprint density at radius 3 is 2.61 bits per heavy atom. The number of nitrogens with one attached hydrogen (secondary N) is 2. The van der Waals surface area contributed by atoms with E-state index in [1.165, 1.54) is 64.9 Å². The van der Waals surface area contributed by atoms with Gasteiger partial charge in [0.15, 0.2) is 28.2 Å². The maximum absolute atomic E-state index is 13.4. The maximum Gasteiger partial charge on any atom is 0.352 e. The van der Waals surface area contributed by atoms with Crippen LogP contribution >= 0.6 is 34.9 Å². The fraction of sp³-hybridized carbons (Fsp3) is 0.276. The van der Waals surface area contributed by atoms with Crippen molar-refractivity contribution in [1.29, 1.82) is 0 Å². The number of oxime groups is 1. The van der Waals surface area contributed by atoms with Crippen molar-refractivity contribution in [2.24, 2.45) is 5.16 Å². The van der Waals surface area contributed by atoms with Crippen molar-refractivity contribution in [3.05, 3.63) is 52.3 Å². The topological polar surface area (TPSA) is 280 Å². The van der Waals surface area contributed by atoms with Gasteiger partial charge in [-0.25, -0.2) is 20.2 Å². The SMILES string of the molecule is Cc1cc(SCC2=C(C(=O)O)N3C(=O)[C@@H](NC(=O)C(=NOC(C)(C)C(=O)NO)c4csc(N)n4)[C@H]3SC2)n2nc(-c3ccc(O)c(O)c3)nc2n1. The Labute approximate surface area is 299 Å². The first-order valence-corrected chi connectivity index (χ1v) is 17.6. The van der Waals surface area contributed by atoms with Crippen LogP contribution in [-0.2, 0) is 24.0 Å². The number of nitrogens with zero attached hydrogens (tertiary/aromatic N) is 7. The number of aliphatic carboxylic acids is 1. The summed E-state index contributed by atoms with van der Waals surface area (Å²) in [4.78, 5) is 70.6. The number of nitrogens with two attached hydrogens (primary N) is 1. The molecule has 6 rings (SSSR count). The molecule has 51 heavy (non-hydrogen) atoms. The van der Waals surface area contributed by atoms with Crippen LogP contribution in [0.5, 0.6) is 11.5 Å². The van der Waals surface area contributed by atoms with E-state index in [2.05, 4.69) is 30.5 Å². The molecule has 0 saturated carbocycles. The van der Waals surface area contributed by atoms with Crippen LogP contribution in [0.2, 0.25) is 0 Å². The molecule has 2 aliphatic rings. The Morgan fingerprint density at radius 2 is 1.94 bits per heavy atom. The molecule has 2 atom stereocenters. The number of thioether (sulfide) groups is 2. The number of carbonyl (C=O) groups excluding carboxylic acids is 3. The number of amides is 3. The van der Waals surface area contributed by atoms with Crippen molar-refractivity contribution in [2.45, 2.75) is 42.8 Å². The van der Waals surface area contributed by atoms with Crippen LogP contribution in [0.1, 0.15) is 25.2 Å². The highest BCUT2D eigenvalue weighted by Crippen LogP contribution is 2.42. The summed E-state index contributed by atoms with van der Waals surface area (Å²) in [6.07, 6.45) is 0. The highest BCUT2D eigenvalue weighted by atomic mass is 32.2. The summed E-state index contributed by atoms with van der Waals surface area (Å²) in [6.45, 7) is 4.35. The molecule has 0 aliphatic carbocycles. The van der Waals surface area contributed by atoms with E-state index in [9.17, 15) is 34.5 Å². The highest BCUT2D eigenvalue weighted by Gasteiger charge is 2.54. The van der Waals surface area contributed by atoms with Gasteiger partial charge < -0.3 is 31.2 Å². The van der Waals surface area contributed by atoms with Gasteiger partial charge in [-0.15, -0.1) is 40.0 Å². The van der Waals surface area contributed by atoms with Gasteiger partial charge in [-0.05, 0) is 50.6 Å². The fourth-order valence-corrected chi connectivity index (χ4v) is 8.03. The zero-order valence-corrected chi connectivity index (χ0v) is 29.2. The number of phenolic OH excluding ortho intramolecular Hbond substituents is 2. The van der Waals surface area contributed by atoms with Gasteiger partial charge in [0.1, 0.15) is 27.8 Å². The number of benzene rings is 1. The molecular weight excluding hydrogens is 729 g/mol. The van der Waals surface area contributed by atoms with Crippen LogP contribution < -0.4 is 16.5 Å². The van der Waals surface area contributed by atoms with Gasteiger partial charge in [0, 0.05) is 28.1 Å². The summed E-state index contributed by atoms with van der Waals surface area (Å²) in [5.74, 6) is -3.59. The molecule has 1 fully saturated rings. The molecule has 19 nitrogen and oxygen atoms in total. The van der Waals surface area contributed by atoms with E-state index in [4.69, 9.17) is 15.8 Å². The Kier molecular flexibility index (Phi) is 9.50. The van der Waals surface area contributed by atoms with Crippen molar-refractivity contribution in [3.63, 3.8) is 0 Å². The number of carboxylic acids is 1. The standard InChI is InChI=1S/C29H28N10O9S3/c1-11-6-17(39-28(31-11)34-21(35-39)12-4-5-15(40)16(41)7-12)49-8-13-9-50-24-19(23(43)38(24)20(13)25(44)45)33-22(42)18(14-10-51-27(30)32-14)37-48-29(2,3)26(46)36-47/h4-7,10,19,24,40-41,47H,8-9H2,1-3H3,(H2,30,32)(H,33,42)(H,36,46)(H,44,45)/t19-,24-/m1/s1. The summed E-state index contributed by atoms with van der Waals surface area (Å²) < 4.78 is 1.48. The lowest BCUT2D eigenvalue weighted by Crippen LogP contribution is -2.71. The molecule has 0 radical (unpaired) electrons. The number of fused-ring (bicyclic) bond motifs is 2. The third kappa shape index (κ3) is 6.85. The van der Waals surface area contributed by atoms with Crippen LogP contribution in [0.4, 0.5) is 5.13 Å². The monoisotopic (exact) mass is 756 g/mol. The van der Waals surface area contributed by atoms with Crippen LogP contribution in [-0.4, -0.2) is 108 Å². The third-order valence-corrected chi connectivity index (χ3v) is 10.7. The van der Waals surface area contributed by atoms with Crippen LogP contribution in [0.25, 0.3) is 17.2 Å². The summed E-state index contributed by atoms with van der Waals surface area (Å²) in [6, 6.07) is 4.79. The first-order chi connectivity index (χ1) is 24.2. The number of hydrogen-bond donors (Lipinski definition) is 7. The van der Waals surface area contributed by atoms with Gasteiger partial charge in [-0.3, -0.25) is 24.5 Å². The Balaban J connectivity index is 1.21. The molecule has 0 spiro atoms. The molecule has 5 heterocycles. The Morgan fingerprint density at radius 1 is 1.18 bits per heavy atom. The molecule has 22 heteroatoms. The van der Waals surface area contributed by atoms with Crippen LogP contribution in [0.15, 0.2) is 51.1 Å². The molecule has 4 aromatic rings. The second-order valence-corrected chi connectivity index (χ2v) is 14.5. The quantitative estimate of drug-likeness (QED) is 0.0214. The molecule has 3 amide bonds. The zero-order valence-electron chi connectivity index (χ0n) is 26.7. The lowest BCUT2D eigenvalue weighted by molar-refractivity contribution is -0.152. The summed E-state index contributed by atoms with van der Waals surface area (Å²) >= 11 is 3.53. The largest absolute Gasteiger partial charge is 0.504 e. The van der Waals surface area contributed by atoms with Crippen molar-refractivity contribution < 1.29 is 44.5 Å². The van der Waals surface area contributed by atoms with Crippen LogP contribution in [0.3, 0.4) is 0 Å². The van der Waals surface area contributed by atoms with Gasteiger partial charge in [0.2, 0.25) is 5.60 Å². The normalized spacial score (nSPS) is 17.6. The number of anilines is 1. The number of aryl methyl sites for hydroxylation is 1. The summed E-state index contributed by atoms with van der Waals surface area (Å²) in [5, 5.41) is 51.0. The first-order valence-electron chi connectivity index (χ1n) is 14.7. The number of aromatic nitrogens is 5. The average molecular weight is 757 g/mol. The van der Waals surface area contributed by atoms with E-state index in [1.807, 2.05) is 0 Å². The number of rotatable bonds is 11. The Bertz CT molecular complexity index is 2170. The second-order valence-electron chi connectivity index (χ2n) is 11.5. The first kappa shape index (κ1) is 35.4. The predicted octanol–water partition coefficient (Wildman–Crippen LogP) is 1.09. The molecule has 3 aromatic heterocycles. The molecular formula is C29H28N10O9S3. The molecule has 266 valence electrons. The molecule has 8 N–H and O–H groups in total. The number of carboxylic acid groups (broad SMARTS) is 1. The number of phenols is 2. The lowest BCUT2D eigenvalue weighted by atomic mass is 10.0. The summed E-state index contributed by atoms with van der Waals surface area (Å²) in [7, 11) is 0. The number of thiazole rings is 1. The number of β-lactam (4-membered cyclic amide) rings is 1. The zero-order chi connectivity index (χ0) is 36.8.